The number of nitrogens with two attached hydrogens (primary N) is 2. The fraction of sp³-hybridized carbons (Fsp3) is 0.500. The van der Waals surface area contributed by atoms with Gasteiger partial charge in [-0.1, -0.05) is 0 Å². The van der Waals surface area contributed by atoms with Crippen molar-refractivity contribution in [2.75, 3.05) is 6.54 Å². The highest BCUT2D eigenvalue weighted by molar-refractivity contribution is 9.10. The first-order valence-electron chi connectivity index (χ1n) is 3.95. The Morgan fingerprint density at radius 1 is 1.50 bits per heavy atom. The Bertz CT molecular complexity index is 237. The standard InChI is InChI=1S/C8H13BrN2O/c9-8-4-3-7(12-8)6(11)2-1-5-10/h3-4,6H,1-2,5,10-11H2/t6-/m1/s1. The third-order valence-electron chi connectivity index (χ3n) is 1.68. The lowest BCUT2D eigenvalue weighted by Gasteiger charge is -2.06. The van der Waals surface area contributed by atoms with Gasteiger partial charge in [-0.15, -0.1) is 0 Å². The summed E-state index contributed by atoms with van der Waals surface area (Å²) in [4.78, 5) is 0. The van der Waals surface area contributed by atoms with Crippen LogP contribution in [-0.2, 0) is 0 Å². The molecule has 0 bridgehead atoms. The van der Waals surface area contributed by atoms with Gasteiger partial charge in [0.1, 0.15) is 5.76 Å². The van der Waals surface area contributed by atoms with E-state index < -0.39 is 0 Å². The molecule has 0 aliphatic carbocycles. The summed E-state index contributed by atoms with van der Waals surface area (Å²) in [7, 11) is 0. The Hall–Kier alpha value is -0.320. The maximum absolute atomic E-state index is 5.82. The van der Waals surface area contributed by atoms with Crippen molar-refractivity contribution in [2.45, 2.75) is 18.9 Å². The summed E-state index contributed by atoms with van der Waals surface area (Å²) < 4.78 is 6.02. The molecule has 0 aromatic carbocycles. The van der Waals surface area contributed by atoms with E-state index in [1.807, 2.05) is 12.1 Å². The highest BCUT2D eigenvalue weighted by atomic mass is 79.9. The smallest absolute Gasteiger partial charge is 0.169 e. The molecule has 1 atom stereocenters. The van der Waals surface area contributed by atoms with Crippen LogP contribution in [0.2, 0.25) is 0 Å². The molecule has 4 heteroatoms. The van der Waals surface area contributed by atoms with E-state index in [1.54, 1.807) is 0 Å². The van der Waals surface area contributed by atoms with Gasteiger partial charge in [0.2, 0.25) is 0 Å². The molecule has 4 N–H and O–H groups in total. The van der Waals surface area contributed by atoms with Crippen LogP contribution in [0.1, 0.15) is 24.6 Å². The highest BCUT2D eigenvalue weighted by Gasteiger charge is 2.08. The first-order chi connectivity index (χ1) is 5.74. The van der Waals surface area contributed by atoms with Gasteiger partial charge in [0.05, 0.1) is 6.04 Å². The largest absolute Gasteiger partial charge is 0.453 e. The van der Waals surface area contributed by atoms with E-state index >= 15 is 0 Å². The van der Waals surface area contributed by atoms with Crippen molar-refractivity contribution in [1.82, 2.24) is 0 Å². The molecule has 1 rings (SSSR count). The minimum Gasteiger partial charge on any atom is -0.453 e. The molecule has 0 amide bonds. The lowest BCUT2D eigenvalue weighted by Crippen LogP contribution is -2.11. The molecule has 0 radical (unpaired) electrons. The SMILES string of the molecule is NCCC[C@@H](N)c1ccc(Br)o1. The average Bonchev–Trinajstić information content (AvgIpc) is 2.47. The average molecular weight is 233 g/mol. The van der Waals surface area contributed by atoms with Crippen molar-refractivity contribution in [3.63, 3.8) is 0 Å². The Kier molecular flexibility index (Phi) is 3.78. The third-order valence-corrected chi connectivity index (χ3v) is 2.10. The van der Waals surface area contributed by atoms with Crippen molar-refractivity contribution in [1.29, 1.82) is 0 Å². The fourth-order valence-electron chi connectivity index (χ4n) is 1.01. The molecule has 1 heterocycles. The van der Waals surface area contributed by atoms with Gasteiger partial charge in [-0.25, -0.2) is 0 Å². The van der Waals surface area contributed by atoms with Crippen LogP contribution in [0.4, 0.5) is 0 Å². The molecule has 68 valence electrons. The summed E-state index contributed by atoms with van der Waals surface area (Å²) in [5.74, 6) is 0.815. The van der Waals surface area contributed by atoms with Crippen LogP contribution in [0.3, 0.4) is 0 Å². The normalized spacial score (nSPS) is 13.2. The van der Waals surface area contributed by atoms with Gasteiger partial charge in [-0.2, -0.15) is 0 Å². The molecule has 0 aliphatic heterocycles. The summed E-state index contributed by atoms with van der Waals surface area (Å²) in [6, 6.07) is 3.70. The van der Waals surface area contributed by atoms with Crippen LogP contribution in [0, 0.1) is 0 Å². The zero-order chi connectivity index (χ0) is 8.97. The molecular weight excluding hydrogens is 220 g/mol. The van der Waals surface area contributed by atoms with Crippen molar-refractivity contribution in [3.8, 4) is 0 Å². The molecule has 0 spiro atoms. The number of halogens is 1. The molecule has 0 saturated carbocycles. The maximum Gasteiger partial charge on any atom is 0.169 e. The summed E-state index contributed by atoms with van der Waals surface area (Å²) in [5.41, 5.74) is 11.2. The lowest BCUT2D eigenvalue weighted by molar-refractivity contribution is 0.433. The zero-order valence-electron chi connectivity index (χ0n) is 6.79. The lowest BCUT2D eigenvalue weighted by atomic mass is 10.1. The van der Waals surface area contributed by atoms with E-state index in [1.165, 1.54) is 0 Å². The quantitative estimate of drug-likeness (QED) is 0.832. The third kappa shape index (κ3) is 2.62. The number of hydrogen-bond acceptors (Lipinski definition) is 3. The molecule has 0 saturated heterocycles. The maximum atomic E-state index is 5.82. The molecular formula is C8H13BrN2O. The molecule has 3 nitrogen and oxygen atoms in total. The molecule has 12 heavy (non-hydrogen) atoms. The Morgan fingerprint density at radius 2 is 2.25 bits per heavy atom. The zero-order valence-corrected chi connectivity index (χ0v) is 8.38. The van der Waals surface area contributed by atoms with Crippen LogP contribution in [0.25, 0.3) is 0 Å². The molecule has 0 fully saturated rings. The van der Waals surface area contributed by atoms with Crippen molar-refractivity contribution in [2.24, 2.45) is 11.5 Å². The fourth-order valence-corrected chi connectivity index (χ4v) is 1.33. The first kappa shape index (κ1) is 9.77. The molecule has 0 unspecified atom stereocenters. The monoisotopic (exact) mass is 232 g/mol. The van der Waals surface area contributed by atoms with E-state index in [9.17, 15) is 0 Å². The van der Waals surface area contributed by atoms with Gasteiger partial charge in [0, 0.05) is 0 Å². The summed E-state index contributed by atoms with van der Waals surface area (Å²) in [6.07, 6.45) is 1.80. The topological polar surface area (TPSA) is 65.2 Å². The number of rotatable bonds is 4. The van der Waals surface area contributed by atoms with E-state index in [2.05, 4.69) is 15.9 Å². The summed E-state index contributed by atoms with van der Waals surface area (Å²) in [6.45, 7) is 0.676. The van der Waals surface area contributed by atoms with Gasteiger partial charge in [-0.3, -0.25) is 0 Å². The second-order valence-corrected chi connectivity index (χ2v) is 3.46. The van der Waals surface area contributed by atoms with Gasteiger partial charge >= 0.3 is 0 Å². The van der Waals surface area contributed by atoms with E-state index in [-0.39, 0.29) is 6.04 Å². The summed E-state index contributed by atoms with van der Waals surface area (Å²) in [5, 5.41) is 0. The van der Waals surface area contributed by atoms with Crippen LogP contribution in [0.15, 0.2) is 21.2 Å². The second kappa shape index (κ2) is 4.64. The van der Waals surface area contributed by atoms with Crippen LogP contribution in [0.5, 0.6) is 0 Å². The van der Waals surface area contributed by atoms with Gasteiger partial charge in [0.15, 0.2) is 4.67 Å². The second-order valence-electron chi connectivity index (χ2n) is 2.68. The van der Waals surface area contributed by atoms with Crippen LogP contribution in [-0.4, -0.2) is 6.54 Å². The van der Waals surface area contributed by atoms with Crippen molar-refractivity contribution >= 4 is 15.9 Å². The van der Waals surface area contributed by atoms with Gasteiger partial charge in [0.25, 0.3) is 0 Å². The number of hydrogen-bond donors (Lipinski definition) is 2. The van der Waals surface area contributed by atoms with Gasteiger partial charge in [-0.05, 0) is 47.4 Å². The Labute approximate surface area is 80.2 Å². The Morgan fingerprint density at radius 3 is 2.75 bits per heavy atom. The van der Waals surface area contributed by atoms with Gasteiger partial charge < -0.3 is 15.9 Å². The minimum absolute atomic E-state index is 0.0279. The predicted molar refractivity (Wildman–Crippen MR) is 51.6 cm³/mol. The van der Waals surface area contributed by atoms with E-state index in [4.69, 9.17) is 15.9 Å². The number of furan rings is 1. The molecule has 1 aromatic rings. The van der Waals surface area contributed by atoms with Crippen LogP contribution < -0.4 is 11.5 Å². The van der Waals surface area contributed by atoms with E-state index in [0.29, 0.717) is 6.54 Å². The van der Waals surface area contributed by atoms with E-state index in [0.717, 1.165) is 23.3 Å². The summed E-state index contributed by atoms with van der Waals surface area (Å²) >= 11 is 3.22. The molecule has 0 aliphatic rings. The molecule has 1 aromatic heterocycles. The minimum atomic E-state index is -0.0279. The highest BCUT2D eigenvalue weighted by Crippen LogP contribution is 2.21. The Balaban J connectivity index is 2.47. The van der Waals surface area contributed by atoms with Crippen molar-refractivity contribution < 1.29 is 4.42 Å². The first-order valence-corrected chi connectivity index (χ1v) is 4.74. The predicted octanol–water partition coefficient (Wildman–Crippen LogP) is 1.78. The van der Waals surface area contributed by atoms with Crippen LogP contribution >= 0.6 is 15.9 Å². The van der Waals surface area contributed by atoms with Crippen molar-refractivity contribution in [3.05, 3.63) is 22.6 Å².